The second-order valence-electron chi connectivity index (χ2n) is 4.90. The quantitative estimate of drug-likeness (QED) is 0.846. The zero-order valence-corrected chi connectivity index (χ0v) is 13.1. The van der Waals surface area contributed by atoms with Crippen LogP contribution in [0.5, 0.6) is 0 Å². The molecule has 18 heavy (non-hydrogen) atoms. The summed E-state index contributed by atoms with van der Waals surface area (Å²) in [6.45, 7) is 5.40. The molecule has 2 rings (SSSR count). The Balaban J connectivity index is 2.38. The Bertz CT molecular complexity index is 416. The van der Waals surface area contributed by atoms with Gasteiger partial charge in [-0.1, -0.05) is 42.3 Å². The van der Waals surface area contributed by atoms with Gasteiger partial charge in [-0.05, 0) is 43.7 Å². The summed E-state index contributed by atoms with van der Waals surface area (Å²) in [4.78, 5) is 0. The van der Waals surface area contributed by atoms with Gasteiger partial charge < -0.3 is 5.32 Å². The molecule has 1 aromatic carbocycles. The molecule has 0 aromatic heterocycles. The predicted octanol–water partition coefficient (Wildman–Crippen LogP) is 4.93. The lowest BCUT2D eigenvalue weighted by molar-refractivity contribution is 0.421. The van der Waals surface area contributed by atoms with Crippen molar-refractivity contribution in [3.8, 4) is 0 Å². The van der Waals surface area contributed by atoms with Crippen LogP contribution in [0.1, 0.15) is 38.3 Å². The van der Waals surface area contributed by atoms with Gasteiger partial charge >= 0.3 is 0 Å². The van der Waals surface area contributed by atoms with Crippen molar-refractivity contribution in [2.24, 2.45) is 0 Å². The minimum Gasteiger partial charge on any atom is -0.309 e. The van der Waals surface area contributed by atoms with Crippen LogP contribution < -0.4 is 5.32 Å². The van der Waals surface area contributed by atoms with E-state index in [0.29, 0.717) is 10.0 Å². The van der Waals surface area contributed by atoms with Crippen LogP contribution in [0.4, 0.5) is 0 Å². The van der Waals surface area contributed by atoms with E-state index in [2.05, 4.69) is 25.2 Å². The van der Waals surface area contributed by atoms with E-state index in [1.807, 2.05) is 23.9 Å². The number of nitrogens with one attached hydrogen (secondary N) is 1. The van der Waals surface area contributed by atoms with Crippen LogP contribution in [0.15, 0.2) is 18.2 Å². The summed E-state index contributed by atoms with van der Waals surface area (Å²) in [5.74, 6) is 1.23. The summed E-state index contributed by atoms with van der Waals surface area (Å²) in [6, 6.07) is 6.18. The van der Waals surface area contributed by atoms with E-state index in [1.165, 1.54) is 18.6 Å². The first-order valence-corrected chi connectivity index (χ1v) is 8.14. The molecule has 4 heteroatoms. The summed E-state index contributed by atoms with van der Waals surface area (Å²) >= 11 is 14.6. The number of rotatable bonds is 4. The van der Waals surface area contributed by atoms with Crippen LogP contribution in [0.2, 0.25) is 10.0 Å². The topological polar surface area (TPSA) is 12.0 Å². The Labute approximate surface area is 124 Å². The average molecular weight is 304 g/mol. The molecule has 1 aliphatic rings. The molecular weight excluding hydrogens is 285 g/mol. The van der Waals surface area contributed by atoms with E-state index in [0.717, 1.165) is 12.1 Å². The van der Waals surface area contributed by atoms with Crippen LogP contribution in [0, 0.1) is 0 Å². The van der Waals surface area contributed by atoms with E-state index < -0.39 is 0 Å². The van der Waals surface area contributed by atoms with Crippen molar-refractivity contribution in [2.45, 2.75) is 37.5 Å². The van der Waals surface area contributed by atoms with Gasteiger partial charge in [0, 0.05) is 10.8 Å². The summed E-state index contributed by atoms with van der Waals surface area (Å²) in [7, 11) is 0. The average Bonchev–Trinajstić information content (AvgIpc) is 2.78. The second-order valence-corrected chi connectivity index (χ2v) is 7.31. The number of hydrogen-bond acceptors (Lipinski definition) is 2. The SMILES string of the molecule is CCNC(c1cccc(Cl)c1Cl)C1(C)CCCS1. The number of thioether (sulfide) groups is 1. The third kappa shape index (κ3) is 2.82. The lowest BCUT2D eigenvalue weighted by Crippen LogP contribution is -2.37. The van der Waals surface area contributed by atoms with Crippen molar-refractivity contribution in [2.75, 3.05) is 12.3 Å². The molecule has 0 spiro atoms. The third-order valence-electron chi connectivity index (χ3n) is 3.56. The van der Waals surface area contributed by atoms with Crippen molar-refractivity contribution >= 4 is 35.0 Å². The molecule has 1 aromatic rings. The van der Waals surface area contributed by atoms with E-state index in [4.69, 9.17) is 23.2 Å². The molecule has 2 unspecified atom stereocenters. The van der Waals surface area contributed by atoms with Gasteiger partial charge in [0.05, 0.1) is 10.0 Å². The molecule has 0 saturated carbocycles. The van der Waals surface area contributed by atoms with Crippen molar-refractivity contribution in [1.29, 1.82) is 0 Å². The molecule has 1 heterocycles. The Morgan fingerprint density at radius 3 is 2.83 bits per heavy atom. The standard InChI is InChI=1S/C14H19Cl2NS/c1-3-17-13(14(2)8-5-9-18-14)10-6-4-7-11(15)12(10)16/h4,6-7,13,17H,3,5,8-9H2,1-2H3. The van der Waals surface area contributed by atoms with Crippen molar-refractivity contribution < 1.29 is 0 Å². The van der Waals surface area contributed by atoms with Crippen molar-refractivity contribution in [3.05, 3.63) is 33.8 Å². The smallest absolute Gasteiger partial charge is 0.0640 e. The van der Waals surface area contributed by atoms with Crippen LogP contribution in [-0.2, 0) is 0 Å². The molecule has 1 aliphatic heterocycles. The molecule has 1 N–H and O–H groups in total. The summed E-state index contributed by atoms with van der Waals surface area (Å²) in [5, 5.41) is 4.92. The Hall–Kier alpha value is 0.110. The number of halogens is 2. The molecule has 1 fully saturated rings. The molecule has 1 saturated heterocycles. The van der Waals surface area contributed by atoms with Gasteiger partial charge in [-0.15, -0.1) is 0 Å². The van der Waals surface area contributed by atoms with E-state index >= 15 is 0 Å². The Morgan fingerprint density at radius 1 is 1.44 bits per heavy atom. The Kier molecular flexibility index (Phi) is 4.87. The first-order chi connectivity index (χ1) is 8.58. The van der Waals surface area contributed by atoms with Gasteiger partial charge in [0.25, 0.3) is 0 Å². The highest BCUT2D eigenvalue weighted by Gasteiger charge is 2.39. The fourth-order valence-electron chi connectivity index (χ4n) is 2.63. The fourth-order valence-corrected chi connectivity index (χ4v) is 4.47. The van der Waals surface area contributed by atoms with Gasteiger partial charge in [-0.25, -0.2) is 0 Å². The number of hydrogen-bond donors (Lipinski definition) is 1. The predicted molar refractivity (Wildman–Crippen MR) is 83.0 cm³/mol. The monoisotopic (exact) mass is 303 g/mol. The third-order valence-corrected chi connectivity index (χ3v) is 5.99. The Morgan fingerprint density at radius 2 is 2.22 bits per heavy atom. The van der Waals surface area contributed by atoms with Crippen LogP contribution in [0.3, 0.4) is 0 Å². The molecule has 0 radical (unpaired) electrons. The lowest BCUT2D eigenvalue weighted by Gasteiger charge is -2.35. The van der Waals surface area contributed by atoms with Gasteiger partial charge in [-0.3, -0.25) is 0 Å². The normalized spacial score (nSPS) is 25.3. The summed E-state index contributed by atoms with van der Waals surface area (Å²) in [6.07, 6.45) is 2.50. The molecular formula is C14H19Cl2NS. The fraction of sp³-hybridized carbons (Fsp3) is 0.571. The largest absolute Gasteiger partial charge is 0.309 e. The maximum absolute atomic E-state index is 6.38. The first-order valence-electron chi connectivity index (χ1n) is 6.40. The molecule has 1 nitrogen and oxygen atoms in total. The van der Waals surface area contributed by atoms with Crippen LogP contribution in [0.25, 0.3) is 0 Å². The summed E-state index contributed by atoms with van der Waals surface area (Å²) in [5.41, 5.74) is 1.13. The van der Waals surface area contributed by atoms with Gasteiger partial charge in [0.2, 0.25) is 0 Å². The van der Waals surface area contributed by atoms with E-state index in [-0.39, 0.29) is 10.8 Å². The minimum atomic E-state index is 0.213. The number of benzene rings is 1. The van der Waals surface area contributed by atoms with Crippen LogP contribution >= 0.6 is 35.0 Å². The molecule has 2 atom stereocenters. The van der Waals surface area contributed by atoms with Gasteiger partial charge in [-0.2, -0.15) is 11.8 Å². The van der Waals surface area contributed by atoms with Gasteiger partial charge in [0.15, 0.2) is 0 Å². The summed E-state index contributed by atoms with van der Waals surface area (Å²) < 4.78 is 0.213. The van der Waals surface area contributed by atoms with Gasteiger partial charge in [0.1, 0.15) is 0 Å². The molecule has 0 aliphatic carbocycles. The highest BCUT2D eigenvalue weighted by Crippen LogP contribution is 2.48. The van der Waals surface area contributed by atoms with Crippen molar-refractivity contribution in [3.63, 3.8) is 0 Å². The van der Waals surface area contributed by atoms with E-state index in [9.17, 15) is 0 Å². The molecule has 0 amide bonds. The highest BCUT2D eigenvalue weighted by molar-refractivity contribution is 8.00. The highest BCUT2D eigenvalue weighted by atomic mass is 35.5. The minimum absolute atomic E-state index is 0.213. The second kappa shape index (κ2) is 6.04. The van der Waals surface area contributed by atoms with E-state index in [1.54, 1.807) is 0 Å². The maximum atomic E-state index is 6.38. The zero-order chi connectivity index (χ0) is 13.2. The lowest BCUT2D eigenvalue weighted by atomic mass is 9.90. The maximum Gasteiger partial charge on any atom is 0.0640 e. The van der Waals surface area contributed by atoms with Crippen LogP contribution in [-0.4, -0.2) is 17.0 Å². The van der Waals surface area contributed by atoms with Crippen molar-refractivity contribution in [1.82, 2.24) is 5.32 Å². The molecule has 0 bridgehead atoms. The first kappa shape index (κ1) is 14.5. The molecule has 100 valence electrons. The zero-order valence-electron chi connectivity index (χ0n) is 10.8.